The highest BCUT2D eigenvalue weighted by atomic mass is 32.2. The average molecular weight is 313 g/mol. The van der Waals surface area contributed by atoms with Gasteiger partial charge in [0.1, 0.15) is 0 Å². The summed E-state index contributed by atoms with van der Waals surface area (Å²) in [5.74, 6) is 0. The van der Waals surface area contributed by atoms with Crippen molar-refractivity contribution in [1.82, 2.24) is 4.31 Å². The van der Waals surface area contributed by atoms with E-state index in [0.717, 1.165) is 6.42 Å². The molecule has 0 saturated heterocycles. The van der Waals surface area contributed by atoms with Crippen molar-refractivity contribution in [2.45, 2.75) is 11.3 Å². The molecule has 0 aromatic heterocycles. The number of hydrogen-bond acceptors (Lipinski definition) is 5. The molecule has 1 aromatic carbocycles. The van der Waals surface area contributed by atoms with Crippen LogP contribution in [0.25, 0.3) is 0 Å². The van der Waals surface area contributed by atoms with Crippen LogP contribution in [0.15, 0.2) is 35.7 Å². The standard InChI is InChI=1S/C14H23N3O3S/c1-4-5-9-20-10-8-16-14-11-12(6-7-13(14)15)21(18,19)17(2)3/h4,6-7,11,16H,1,5,8-10,15H2,2-3H3. The first kappa shape index (κ1) is 17.5. The molecule has 0 saturated carbocycles. The zero-order valence-electron chi connectivity index (χ0n) is 12.5. The van der Waals surface area contributed by atoms with E-state index in [1.165, 1.54) is 30.5 Å². The highest BCUT2D eigenvalue weighted by molar-refractivity contribution is 7.89. The molecular formula is C14H23N3O3S. The Bertz CT molecular complexity index is 571. The molecule has 0 aliphatic rings. The van der Waals surface area contributed by atoms with Crippen LogP contribution in [0.2, 0.25) is 0 Å². The molecular weight excluding hydrogens is 290 g/mol. The van der Waals surface area contributed by atoms with Crippen molar-refractivity contribution in [3.63, 3.8) is 0 Å². The van der Waals surface area contributed by atoms with Crippen LogP contribution in [0.5, 0.6) is 0 Å². The van der Waals surface area contributed by atoms with Crippen molar-refractivity contribution in [1.29, 1.82) is 0 Å². The second-order valence-corrected chi connectivity index (χ2v) is 6.80. The normalized spacial score (nSPS) is 11.6. The summed E-state index contributed by atoms with van der Waals surface area (Å²) in [4.78, 5) is 0.205. The van der Waals surface area contributed by atoms with E-state index in [9.17, 15) is 8.42 Å². The molecule has 0 fully saturated rings. The summed E-state index contributed by atoms with van der Waals surface area (Å²) in [6.07, 6.45) is 2.60. The first-order valence-corrected chi connectivity index (χ1v) is 8.08. The van der Waals surface area contributed by atoms with Gasteiger partial charge in [0.2, 0.25) is 10.0 Å². The Balaban J connectivity index is 2.69. The zero-order chi connectivity index (χ0) is 15.9. The van der Waals surface area contributed by atoms with Crippen LogP contribution in [0.4, 0.5) is 11.4 Å². The minimum atomic E-state index is -3.46. The van der Waals surface area contributed by atoms with Gasteiger partial charge in [-0.3, -0.25) is 0 Å². The van der Waals surface area contributed by atoms with E-state index >= 15 is 0 Å². The molecule has 0 unspecified atom stereocenters. The molecule has 0 atom stereocenters. The Kier molecular flexibility index (Phi) is 6.67. The summed E-state index contributed by atoms with van der Waals surface area (Å²) >= 11 is 0. The number of rotatable bonds is 9. The number of benzene rings is 1. The van der Waals surface area contributed by atoms with E-state index in [1.54, 1.807) is 12.1 Å². The molecule has 1 rings (SSSR count). The van der Waals surface area contributed by atoms with Gasteiger partial charge >= 0.3 is 0 Å². The molecule has 21 heavy (non-hydrogen) atoms. The van der Waals surface area contributed by atoms with Crippen LogP contribution in [-0.4, -0.2) is 46.6 Å². The van der Waals surface area contributed by atoms with Crippen LogP contribution in [0, 0.1) is 0 Å². The topological polar surface area (TPSA) is 84.7 Å². The van der Waals surface area contributed by atoms with Gasteiger partial charge in [-0.2, -0.15) is 0 Å². The Hall–Kier alpha value is -1.57. The Morgan fingerprint density at radius 2 is 2.10 bits per heavy atom. The van der Waals surface area contributed by atoms with Crippen LogP contribution >= 0.6 is 0 Å². The molecule has 0 aliphatic heterocycles. The second-order valence-electron chi connectivity index (χ2n) is 4.65. The van der Waals surface area contributed by atoms with Gasteiger partial charge in [-0.1, -0.05) is 6.08 Å². The second kappa shape index (κ2) is 8.02. The highest BCUT2D eigenvalue weighted by Gasteiger charge is 2.18. The molecule has 0 bridgehead atoms. The molecule has 0 aliphatic carbocycles. The van der Waals surface area contributed by atoms with Gasteiger partial charge in [-0.15, -0.1) is 6.58 Å². The quantitative estimate of drug-likeness (QED) is 0.410. The number of ether oxygens (including phenoxy) is 1. The maximum Gasteiger partial charge on any atom is 0.242 e. The molecule has 118 valence electrons. The third kappa shape index (κ3) is 5.04. The molecule has 0 spiro atoms. The van der Waals surface area contributed by atoms with Crippen LogP contribution in [0.3, 0.4) is 0 Å². The van der Waals surface area contributed by atoms with Crippen LogP contribution in [0.1, 0.15) is 6.42 Å². The summed E-state index contributed by atoms with van der Waals surface area (Å²) in [7, 11) is -0.479. The van der Waals surface area contributed by atoms with Gasteiger partial charge in [0, 0.05) is 20.6 Å². The molecule has 1 aromatic rings. The lowest BCUT2D eigenvalue weighted by Crippen LogP contribution is -2.22. The van der Waals surface area contributed by atoms with Crippen molar-refractivity contribution in [3.8, 4) is 0 Å². The van der Waals surface area contributed by atoms with Gasteiger partial charge in [-0.25, -0.2) is 12.7 Å². The van der Waals surface area contributed by atoms with Crippen LogP contribution in [-0.2, 0) is 14.8 Å². The largest absolute Gasteiger partial charge is 0.397 e. The van der Waals surface area contributed by atoms with E-state index in [0.29, 0.717) is 31.1 Å². The van der Waals surface area contributed by atoms with Crippen molar-refractivity contribution in [2.75, 3.05) is 44.9 Å². The SMILES string of the molecule is C=CCCOCCNc1cc(S(=O)(=O)N(C)C)ccc1N. The summed E-state index contributed by atoms with van der Waals surface area (Å²) < 4.78 is 30.7. The van der Waals surface area contributed by atoms with Gasteiger partial charge in [0.15, 0.2) is 0 Å². The minimum Gasteiger partial charge on any atom is -0.397 e. The lowest BCUT2D eigenvalue weighted by Gasteiger charge is -2.14. The summed E-state index contributed by atoms with van der Waals surface area (Å²) in [5.41, 5.74) is 6.93. The number of nitrogens with zero attached hydrogens (tertiary/aromatic N) is 1. The third-order valence-electron chi connectivity index (χ3n) is 2.83. The Morgan fingerprint density at radius 1 is 1.38 bits per heavy atom. The zero-order valence-corrected chi connectivity index (χ0v) is 13.3. The smallest absolute Gasteiger partial charge is 0.242 e. The fraction of sp³-hybridized carbons (Fsp3) is 0.429. The fourth-order valence-corrected chi connectivity index (χ4v) is 2.51. The summed E-state index contributed by atoms with van der Waals surface area (Å²) in [5, 5.41) is 3.08. The van der Waals surface area contributed by atoms with Crippen molar-refractivity contribution in [2.24, 2.45) is 0 Å². The van der Waals surface area contributed by atoms with E-state index in [2.05, 4.69) is 11.9 Å². The minimum absolute atomic E-state index is 0.205. The van der Waals surface area contributed by atoms with E-state index in [4.69, 9.17) is 10.5 Å². The van der Waals surface area contributed by atoms with Gasteiger partial charge in [-0.05, 0) is 24.6 Å². The number of sulfonamides is 1. The maximum atomic E-state index is 12.1. The van der Waals surface area contributed by atoms with Gasteiger partial charge in [0.25, 0.3) is 0 Å². The Morgan fingerprint density at radius 3 is 2.71 bits per heavy atom. The van der Waals surface area contributed by atoms with Crippen LogP contribution < -0.4 is 11.1 Å². The number of nitrogens with two attached hydrogens (primary N) is 1. The van der Waals surface area contributed by atoms with E-state index in [-0.39, 0.29) is 4.90 Å². The van der Waals surface area contributed by atoms with Crippen molar-refractivity contribution in [3.05, 3.63) is 30.9 Å². The third-order valence-corrected chi connectivity index (χ3v) is 4.64. The number of nitrogen functional groups attached to an aromatic ring is 1. The van der Waals surface area contributed by atoms with Crippen molar-refractivity contribution < 1.29 is 13.2 Å². The fourth-order valence-electron chi connectivity index (χ4n) is 1.59. The first-order chi connectivity index (χ1) is 9.89. The number of anilines is 2. The van der Waals surface area contributed by atoms with Gasteiger partial charge < -0.3 is 15.8 Å². The van der Waals surface area contributed by atoms with Crippen molar-refractivity contribution >= 4 is 21.4 Å². The molecule has 0 amide bonds. The van der Waals surface area contributed by atoms with Gasteiger partial charge in [0.05, 0.1) is 29.5 Å². The number of nitrogens with one attached hydrogen (secondary N) is 1. The monoisotopic (exact) mass is 313 g/mol. The maximum absolute atomic E-state index is 12.1. The lowest BCUT2D eigenvalue weighted by molar-refractivity contribution is 0.149. The Labute approximate surface area is 126 Å². The molecule has 7 heteroatoms. The highest BCUT2D eigenvalue weighted by Crippen LogP contribution is 2.24. The molecule has 6 nitrogen and oxygen atoms in total. The molecule has 0 heterocycles. The molecule has 0 radical (unpaired) electrons. The predicted molar refractivity (Wildman–Crippen MR) is 85.8 cm³/mol. The summed E-state index contributed by atoms with van der Waals surface area (Å²) in [6, 6.07) is 4.61. The first-order valence-electron chi connectivity index (χ1n) is 6.64. The average Bonchev–Trinajstić information content (AvgIpc) is 2.44. The van der Waals surface area contributed by atoms with E-state index in [1.807, 2.05) is 0 Å². The number of hydrogen-bond donors (Lipinski definition) is 2. The summed E-state index contributed by atoms with van der Waals surface area (Å²) in [6.45, 7) is 5.29. The van der Waals surface area contributed by atoms with E-state index < -0.39 is 10.0 Å². The lowest BCUT2D eigenvalue weighted by atomic mass is 10.2. The predicted octanol–water partition coefficient (Wildman–Crippen LogP) is 1.52. The molecule has 3 N–H and O–H groups in total.